The van der Waals surface area contributed by atoms with Crippen molar-refractivity contribution in [3.05, 3.63) is 63.3 Å². The molecule has 2 rings (SSSR count). The smallest absolute Gasteiger partial charge is 0.388 e. The van der Waals surface area contributed by atoms with E-state index in [4.69, 9.17) is 0 Å². The number of benzene rings is 1. The highest BCUT2D eigenvalue weighted by atomic mass is 19.4. The van der Waals surface area contributed by atoms with E-state index in [0.717, 1.165) is 18.2 Å². The first-order valence-electron chi connectivity index (χ1n) is 7.66. The molecule has 0 bridgehead atoms. The number of nitrogens with zero attached hydrogens (tertiary/aromatic N) is 1. The minimum Gasteiger partial charge on any atom is -0.388 e. The fraction of sp³-hybridized carbons (Fsp3) is 0.353. The van der Waals surface area contributed by atoms with Crippen molar-refractivity contribution in [3.63, 3.8) is 0 Å². The summed E-state index contributed by atoms with van der Waals surface area (Å²) in [6.07, 6.45) is -4.49. The van der Waals surface area contributed by atoms with E-state index in [-0.39, 0.29) is 17.1 Å². The molecule has 0 saturated heterocycles. The van der Waals surface area contributed by atoms with Crippen LogP contribution in [0.1, 0.15) is 47.3 Å². The van der Waals surface area contributed by atoms with Crippen molar-refractivity contribution in [2.45, 2.75) is 38.6 Å². The van der Waals surface area contributed by atoms with Crippen LogP contribution in [-0.4, -0.2) is 26.6 Å². The average Bonchev–Trinajstić information content (AvgIpc) is 2.49. The molecule has 0 fully saturated rings. The lowest BCUT2D eigenvalue weighted by atomic mass is 9.91. The molecule has 1 aromatic carbocycles. The number of alkyl halides is 3. The molecule has 1 heterocycles. The van der Waals surface area contributed by atoms with E-state index in [1.54, 1.807) is 0 Å². The molecular formula is C17H18F3N3O3. The van der Waals surface area contributed by atoms with Crippen LogP contribution in [-0.2, 0) is 6.18 Å². The fourth-order valence-corrected chi connectivity index (χ4v) is 2.43. The summed E-state index contributed by atoms with van der Waals surface area (Å²) in [5.74, 6) is -0.497. The number of carbonyl (C=O) groups excluding carboxylic acids is 1. The highest BCUT2D eigenvalue weighted by molar-refractivity contribution is 5.92. The van der Waals surface area contributed by atoms with Gasteiger partial charge >= 0.3 is 6.18 Å². The lowest BCUT2D eigenvalue weighted by molar-refractivity contribution is -0.137. The Morgan fingerprint density at radius 3 is 2.27 bits per heavy atom. The van der Waals surface area contributed by atoms with Crippen molar-refractivity contribution >= 4 is 5.91 Å². The molecule has 1 amide bonds. The Labute approximate surface area is 147 Å². The topological polar surface area (TPSA) is 95.1 Å². The van der Waals surface area contributed by atoms with Crippen LogP contribution in [0.25, 0.3) is 0 Å². The summed E-state index contributed by atoms with van der Waals surface area (Å²) in [5.41, 5.74) is -2.72. The molecule has 140 valence electrons. The lowest BCUT2D eigenvalue weighted by Crippen LogP contribution is -2.42. The number of aromatic amines is 1. The van der Waals surface area contributed by atoms with Crippen LogP contribution in [0.15, 0.2) is 35.1 Å². The van der Waals surface area contributed by atoms with E-state index < -0.39 is 34.8 Å². The second-order valence-electron chi connectivity index (χ2n) is 6.40. The predicted molar refractivity (Wildman–Crippen MR) is 87.5 cm³/mol. The van der Waals surface area contributed by atoms with Crippen LogP contribution < -0.4 is 10.9 Å². The molecule has 0 aliphatic rings. The van der Waals surface area contributed by atoms with Gasteiger partial charge in [0.05, 0.1) is 17.2 Å². The van der Waals surface area contributed by atoms with Gasteiger partial charge in [0, 0.05) is 6.07 Å². The number of hydrogen-bond acceptors (Lipinski definition) is 4. The number of amides is 1. The molecule has 1 unspecified atom stereocenters. The van der Waals surface area contributed by atoms with Gasteiger partial charge in [0.15, 0.2) is 0 Å². The maximum absolute atomic E-state index is 12.7. The van der Waals surface area contributed by atoms with Crippen LogP contribution in [0, 0.1) is 6.92 Å². The zero-order chi connectivity index (χ0) is 19.7. The first-order chi connectivity index (χ1) is 11.9. The molecule has 0 radical (unpaired) electrons. The summed E-state index contributed by atoms with van der Waals surface area (Å²) >= 11 is 0. The van der Waals surface area contributed by atoms with E-state index in [2.05, 4.69) is 15.3 Å². The van der Waals surface area contributed by atoms with Gasteiger partial charge in [-0.1, -0.05) is 12.1 Å². The second-order valence-corrected chi connectivity index (χ2v) is 6.40. The number of halogens is 3. The molecule has 2 aromatic rings. The minimum absolute atomic E-state index is 0.160. The molecule has 0 spiro atoms. The first kappa shape index (κ1) is 19.6. The van der Waals surface area contributed by atoms with Crippen LogP contribution in [0.4, 0.5) is 13.2 Å². The summed E-state index contributed by atoms with van der Waals surface area (Å²) < 4.78 is 38.1. The van der Waals surface area contributed by atoms with Crippen LogP contribution >= 0.6 is 0 Å². The molecule has 26 heavy (non-hydrogen) atoms. The number of carbonyl (C=O) groups is 1. The summed E-state index contributed by atoms with van der Waals surface area (Å²) in [4.78, 5) is 30.2. The Morgan fingerprint density at radius 2 is 1.81 bits per heavy atom. The summed E-state index contributed by atoms with van der Waals surface area (Å²) in [5, 5.41) is 12.9. The Bertz CT molecular complexity index is 853. The number of rotatable bonds is 4. The van der Waals surface area contributed by atoms with Crippen LogP contribution in [0.5, 0.6) is 0 Å². The number of hydrogen-bond donors (Lipinski definition) is 3. The van der Waals surface area contributed by atoms with Crippen molar-refractivity contribution in [1.29, 1.82) is 0 Å². The molecule has 1 aromatic heterocycles. The van der Waals surface area contributed by atoms with Gasteiger partial charge in [0.2, 0.25) is 0 Å². The van der Waals surface area contributed by atoms with Gasteiger partial charge in [-0.2, -0.15) is 13.2 Å². The Kier molecular flexibility index (Phi) is 5.22. The third-order valence-corrected chi connectivity index (χ3v) is 3.65. The van der Waals surface area contributed by atoms with Crippen molar-refractivity contribution in [1.82, 2.24) is 15.3 Å². The zero-order valence-electron chi connectivity index (χ0n) is 14.3. The Balaban J connectivity index is 2.34. The number of H-pyrrole nitrogens is 1. The molecular weight excluding hydrogens is 351 g/mol. The molecule has 1 atom stereocenters. The third kappa shape index (κ3) is 4.69. The summed E-state index contributed by atoms with van der Waals surface area (Å²) in [6, 6.07) is 4.09. The highest BCUT2D eigenvalue weighted by Crippen LogP contribution is 2.32. The minimum atomic E-state index is -4.49. The summed E-state index contributed by atoms with van der Waals surface area (Å²) in [6.45, 7) is 4.32. The molecule has 0 aliphatic heterocycles. The fourth-order valence-electron chi connectivity index (χ4n) is 2.43. The van der Waals surface area contributed by atoms with Crippen molar-refractivity contribution in [2.24, 2.45) is 0 Å². The number of aliphatic hydroxyl groups is 1. The average molecular weight is 369 g/mol. The largest absolute Gasteiger partial charge is 0.416 e. The zero-order valence-corrected chi connectivity index (χ0v) is 14.3. The summed E-state index contributed by atoms with van der Waals surface area (Å²) in [7, 11) is 0. The molecule has 6 nitrogen and oxygen atoms in total. The van der Waals surface area contributed by atoms with Gasteiger partial charge < -0.3 is 15.4 Å². The van der Waals surface area contributed by atoms with Crippen molar-refractivity contribution in [2.75, 3.05) is 0 Å². The normalized spacial score (nSPS) is 13.3. The van der Waals surface area contributed by atoms with E-state index in [9.17, 15) is 27.9 Å². The maximum atomic E-state index is 12.7. The van der Waals surface area contributed by atoms with E-state index in [0.29, 0.717) is 0 Å². The predicted octanol–water partition coefficient (Wildman–Crippen LogP) is 2.34. The van der Waals surface area contributed by atoms with Gasteiger partial charge in [-0.25, -0.2) is 4.98 Å². The van der Waals surface area contributed by atoms with Crippen LogP contribution in [0.2, 0.25) is 0 Å². The second kappa shape index (κ2) is 6.91. The number of aromatic nitrogens is 2. The Hall–Kier alpha value is -2.68. The van der Waals surface area contributed by atoms with Gasteiger partial charge in [0.1, 0.15) is 11.5 Å². The van der Waals surface area contributed by atoms with E-state index >= 15 is 0 Å². The lowest BCUT2D eigenvalue weighted by Gasteiger charge is -2.30. The van der Waals surface area contributed by atoms with Gasteiger partial charge in [0.25, 0.3) is 11.5 Å². The van der Waals surface area contributed by atoms with Crippen LogP contribution in [0.3, 0.4) is 0 Å². The van der Waals surface area contributed by atoms with Crippen molar-refractivity contribution in [3.8, 4) is 0 Å². The van der Waals surface area contributed by atoms with E-state index in [1.165, 1.54) is 32.9 Å². The molecule has 0 aliphatic carbocycles. The number of nitrogens with one attached hydrogen (secondary N) is 2. The van der Waals surface area contributed by atoms with Gasteiger partial charge in [-0.3, -0.25) is 9.59 Å². The first-order valence-corrected chi connectivity index (χ1v) is 7.66. The maximum Gasteiger partial charge on any atom is 0.416 e. The SMILES string of the molecule is Cc1nc(C(=O)NC(c2ccc(C(F)(F)F)cc2)C(C)(C)O)cc(=O)[nH]1. The third-order valence-electron chi connectivity index (χ3n) is 3.65. The monoisotopic (exact) mass is 369 g/mol. The highest BCUT2D eigenvalue weighted by Gasteiger charge is 2.33. The quantitative estimate of drug-likeness (QED) is 0.771. The van der Waals surface area contributed by atoms with Gasteiger partial charge in [-0.05, 0) is 38.5 Å². The van der Waals surface area contributed by atoms with E-state index in [1.807, 2.05) is 0 Å². The van der Waals surface area contributed by atoms with Gasteiger partial charge in [-0.15, -0.1) is 0 Å². The Morgan fingerprint density at radius 1 is 1.23 bits per heavy atom. The van der Waals surface area contributed by atoms with Crippen molar-refractivity contribution < 1.29 is 23.1 Å². The number of aryl methyl sites for hydroxylation is 1. The molecule has 3 N–H and O–H groups in total. The molecule has 9 heteroatoms. The molecule has 0 saturated carbocycles. The standard InChI is InChI=1S/C17H18F3N3O3/c1-9-21-12(8-13(24)22-9)15(25)23-14(16(2,3)26)10-4-6-11(7-5-10)17(18,19)20/h4-8,14,26H,1-3H3,(H,23,25)(H,21,22,24).